The maximum absolute atomic E-state index is 6.05. The smallest absolute Gasteiger partial charge is 0.164 e. The maximum atomic E-state index is 6.05. The Labute approximate surface area is 128 Å². The fourth-order valence-electron chi connectivity index (χ4n) is 1.34. The van der Waals surface area contributed by atoms with Crippen molar-refractivity contribution < 1.29 is 4.74 Å². The van der Waals surface area contributed by atoms with Crippen molar-refractivity contribution >= 4 is 56.4 Å². The summed E-state index contributed by atoms with van der Waals surface area (Å²) in [6.07, 6.45) is 0. The molecule has 0 spiro atoms. The van der Waals surface area contributed by atoms with Gasteiger partial charge in [0.25, 0.3) is 0 Å². The molecule has 0 heterocycles. The Balaban J connectivity index is 2.40. The molecule has 0 fully saturated rings. The first-order valence-corrected chi connectivity index (χ1v) is 6.77. The number of benzene rings is 2. The molecule has 0 aliphatic heterocycles. The summed E-state index contributed by atoms with van der Waals surface area (Å²) in [5.74, 6) is 0.796. The monoisotopic (exact) mass is 365 g/mol. The van der Waals surface area contributed by atoms with Gasteiger partial charge < -0.3 is 10.5 Å². The van der Waals surface area contributed by atoms with Gasteiger partial charge in [0.1, 0.15) is 5.75 Å². The summed E-state index contributed by atoms with van der Waals surface area (Å²) in [5.41, 5.74) is 6.09. The molecule has 2 nitrogen and oxygen atoms in total. The number of hydrogen-bond acceptors (Lipinski definition) is 2. The van der Waals surface area contributed by atoms with Crippen molar-refractivity contribution in [3.63, 3.8) is 0 Å². The summed E-state index contributed by atoms with van der Waals surface area (Å²) in [5, 5.41) is 1.12. The van der Waals surface area contributed by atoms with Crippen molar-refractivity contribution in [3.8, 4) is 11.5 Å². The highest BCUT2D eigenvalue weighted by atomic mass is 79.9. The van der Waals surface area contributed by atoms with E-state index in [4.69, 9.17) is 45.3 Å². The lowest BCUT2D eigenvalue weighted by molar-refractivity contribution is 0.483. The highest BCUT2D eigenvalue weighted by Crippen LogP contribution is 2.40. The summed E-state index contributed by atoms with van der Waals surface area (Å²) >= 11 is 21.4. The Bertz CT molecular complexity index is 581. The summed E-state index contributed by atoms with van der Waals surface area (Å²) in [6.45, 7) is 0. The van der Waals surface area contributed by atoms with E-state index in [-0.39, 0.29) is 0 Å². The molecule has 2 aromatic carbocycles. The second kappa shape index (κ2) is 5.57. The molecule has 2 N–H and O–H groups in total. The van der Waals surface area contributed by atoms with Crippen molar-refractivity contribution in [3.05, 3.63) is 49.9 Å². The number of anilines is 1. The van der Waals surface area contributed by atoms with E-state index < -0.39 is 0 Å². The quantitative estimate of drug-likeness (QED) is 0.683. The molecule has 0 aromatic heterocycles. The van der Waals surface area contributed by atoms with E-state index in [0.29, 0.717) is 32.3 Å². The molecule has 0 aliphatic carbocycles. The highest BCUT2D eigenvalue weighted by molar-refractivity contribution is 9.10. The van der Waals surface area contributed by atoms with Gasteiger partial charge in [-0.25, -0.2) is 0 Å². The third-order valence-electron chi connectivity index (χ3n) is 2.13. The number of halogens is 4. The van der Waals surface area contributed by atoms with Crippen LogP contribution in [0.25, 0.3) is 0 Å². The van der Waals surface area contributed by atoms with Crippen LogP contribution < -0.4 is 10.5 Å². The molecular weight excluding hydrogens is 360 g/mol. The van der Waals surface area contributed by atoms with Crippen molar-refractivity contribution in [2.45, 2.75) is 0 Å². The Hall–Kier alpha value is -0.610. The zero-order valence-electron chi connectivity index (χ0n) is 8.88. The fourth-order valence-corrected chi connectivity index (χ4v) is 2.64. The topological polar surface area (TPSA) is 35.2 Å². The van der Waals surface area contributed by atoms with Gasteiger partial charge in [0.05, 0.1) is 15.1 Å². The molecule has 94 valence electrons. The molecule has 0 aliphatic rings. The lowest BCUT2D eigenvalue weighted by atomic mass is 10.3. The normalized spacial score (nSPS) is 10.4. The molecule has 0 atom stereocenters. The Morgan fingerprint density at radius 3 is 2.11 bits per heavy atom. The number of nitrogen functional groups attached to an aromatic ring is 1. The first-order valence-electron chi connectivity index (χ1n) is 4.85. The Kier molecular flexibility index (Phi) is 4.28. The van der Waals surface area contributed by atoms with Crippen molar-refractivity contribution in [2.75, 3.05) is 5.73 Å². The molecule has 0 unspecified atom stereocenters. The number of hydrogen-bond donors (Lipinski definition) is 1. The third kappa shape index (κ3) is 3.04. The predicted molar refractivity (Wildman–Crippen MR) is 80.1 cm³/mol. The van der Waals surface area contributed by atoms with Crippen LogP contribution in [0.5, 0.6) is 11.5 Å². The Morgan fingerprint density at radius 1 is 0.944 bits per heavy atom. The zero-order chi connectivity index (χ0) is 13.3. The minimum absolute atomic E-state index is 0.330. The van der Waals surface area contributed by atoms with E-state index in [2.05, 4.69) is 15.9 Å². The van der Waals surface area contributed by atoms with Crippen LogP contribution >= 0.6 is 50.7 Å². The van der Waals surface area contributed by atoms with Crippen molar-refractivity contribution in [1.29, 1.82) is 0 Å². The van der Waals surface area contributed by atoms with Crippen LogP contribution in [0.4, 0.5) is 5.69 Å². The van der Waals surface area contributed by atoms with Gasteiger partial charge in [0, 0.05) is 10.2 Å². The summed E-state index contributed by atoms with van der Waals surface area (Å²) in [7, 11) is 0. The van der Waals surface area contributed by atoms with Crippen LogP contribution in [0.3, 0.4) is 0 Å². The molecule has 2 rings (SSSR count). The number of nitrogens with two attached hydrogens (primary N) is 1. The van der Waals surface area contributed by atoms with E-state index in [1.165, 1.54) is 0 Å². The Morgan fingerprint density at radius 2 is 1.56 bits per heavy atom. The second-order valence-corrected chi connectivity index (χ2v) is 5.63. The first kappa shape index (κ1) is 13.8. The molecule has 0 radical (unpaired) electrons. The first-order chi connectivity index (χ1) is 8.47. The lowest BCUT2D eigenvalue weighted by Crippen LogP contribution is -1.91. The van der Waals surface area contributed by atoms with Crippen molar-refractivity contribution in [1.82, 2.24) is 0 Å². The standard InChI is InChI=1S/C12H7BrCl3NO/c13-6-1-2-11(8(14)3-6)18-12-9(15)4-7(17)5-10(12)16/h1-5H,17H2. The van der Waals surface area contributed by atoms with Gasteiger partial charge in [-0.15, -0.1) is 0 Å². The summed E-state index contributed by atoms with van der Waals surface area (Å²) in [6, 6.07) is 8.37. The molecule has 0 saturated heterocycles. The third-order valence-corrected chi connectivity index (χ3v) is 3.48. The van der Waals surface area contributed by atoms with Crippen LogP contribution in [-0.2, 0) is 0 Å². The lowest BCUT2D eigenvalue weighted by Gasteiger charge is -2.11. The molecule has 18 heavy (non-hydrogen) atoms. The van der Waals surface area contributed by atoms with Crippen LogP contribution in [0.2, 0.25) is 15.1 Å². The molecule has 6 heteroatoms. The minimum Gasteiger partial charge on any atom is -0.453 e. The second-order valence-electron chi connectivity index (χ2n) is 3.49. The number of rotatable bonds is 2. The van der Waals surface area contributed by atoms with Crippen LogP contribution in [0.15, 0.2) is 34.8 Å². The van der Waals surface area contributed by atoms with Gasteiger partial charge in [0.15, 0.2) is 5.75 Å². The molecule has 0 amide bonds. The molecule has 0 saturated carbocycles. The van der Waals surface area contributed by atoms with E-state index >= 15 is 0 Å². The zero-order valence-corrected chi connectivity index (χ0v) is 12.7. The van der Waals surface area contributed by atoms with Gasteiger partial charge in [-0.1, -0.05) is 50.7 Å². The molecule has 0 bridgehead atoms. The maximum Gasteiger partial charge on any atom is 0.164 e. The van der Waals surface area contributed by atoms with Gasteiger partial charge in [-0.3, -0.25) is 0 Å². The number of ether oxygens (including phenoxy) is 1. The summed E-state index contributed by atoms with van der Waals surface area (Å²) in [4.78, 5) is 0. The average molecular weight is 367 g/mol. The molecule has 2 aromatic rings. The van der Waals surface area contributed by atoms with Crippen molar-refractivity contribution in [2.24, 2.45) is 0 Å². The van der Waals surface area contributed by atoms with Gasteiger partial charge in [-0.05, 0) is 30.3 Å². The summed E-state index contributed by atoms with van der Waals surface area (Å²) < 4.78 is 6.46. The predicted octanol–water partition coefficient (Wildman–Crippen LogP) is 5.78. The van der Waals surface area contributed by atoms with Gasteiger partial charge >= 0.3 is 0 Å². The van der Waals surface area contributed by atoms with Gasteiger partial charge in [0.2, 0.25) is 0 Å². The van der Waals surface area contributed by atoms with Crippen LogP contribution in [0, 0.1) is 0 Å². The minimum atomic E-state index is 0.330. The van der Waals surface area contributed by atoms with E-state index in [9.17, 15) is 0 Å². The average Bonchev–Trinajstić information content (AvgIpc) is 2.25. The SMILES string of the molecule is Nc1cc(Cl)c(Oc2ccc(Br)cc2Cl)c(Cl)c1. The van der Waals surface area contributed by atoms with E-state index in [1.54, 1.807) is 30.3 Å². The van der Waals surface area contributed by atoms with Crippen LogP contribution in [0.1, 0.15) is 0 Å². The molecular formula is C12H7BrCl3NO. The van der Waals surface area contributed by atoms with Crippen LogP contribution in [-0.4, -0.2) is 0 Å². The van der Waals surface area contributed by atoms with E-state index in [0.717, 1.165) is 4.47 Å². The van der Waals surface area contributed by atoms with Gasteiger partial charge in [-0.2, -0.15) is 0 Å². The largest absolute Gasteiger partial charge is 0.453 e. The van der Waals surface area contributed by atoms with E-state index in [1.807, 2.05) is 0 Å². The highest BCUT2D eigenvalue weighted by Gasteiger charge is 2.12. The fraction of sp³-hybridized carbons (Fsp3) is 0.